The fourth-order valence-electron chi connectivity index (χ4n) is 6.05. The molecule has 2 aromatic rings. The number of H-pyrrole nitrogens is 1. The molecule has 41 heavy (non-hydrogen) atoms. The van der Waals surface area contributed by atoms with Gasteiger partial charge in [0.2, 0.25) is 11.8 Å². The van der Waals surface area contributed by atoms with Gasteiger partial charge in [0, 0.05) is 18.3 Å². The zero-order chi connectivity index (χ0) is 29.9. The van der Waals surface area contributed by atoms with E-state index in [9.17, 15) is 19.5 Å². The number of amides is 3. The largest absolute Gasteiger partial charge is 0.391 e. The van der Waals surface area contributed by atoms with Crippen molar-refractivity contribution in [2.45, 2.75) is 104 Å². The number of aliphatic hydroxyl groups excluding tert-OH is 1. The molecule has 1 fully saturated rings. The lowest BCUT2D eigenvalue weighted by molar-refractivity contribution is -0.147. The minimum Gasteiger partial charge on any atom is -0.391 e. The van der Waals surface area contributed by atoms with Gasteiger partial charge < -0.3 is 26.0 Å². The highest BCUT2D eigenvalue weighted by Gasteiger charge is 2.39. The molecule has 1 aliphatic rings. The van der Waals surface area contributed by atoms with E-state index < -0.39 is 30.0 Å². The summed E-state index contributed by atoms with van der Waals surface area (Å²) in [5, 5.41) is 14.7. The summed E-state index contributed by atoms with van der Waals surface area (Å²) < 4.78 is 0. The SMILES string of the molecule is CC[C@H](C)[C@@H](C(N)=O)N(Cc1ccccn1)C(=O)[C@@H](C[C@H](O)[C@H](CC1CCCCC1)NC(=O)c1ccc[nH]1)C(C)C. The zero-order valence-corrected chi connectivity index (χ0v) is 25.1. The first-order valence-corrected chi connectivity index (χ1v) is 15.2. The predicted octanol–water partition coefficient (Wildman–Crippen LogP) is 4.43. The molecule has 2 heterocycles. The van der Waals surface area contributed by atoms with Gasteiger partial charge in [-0.1, -0.05) is 72.3 Å². The van der Waals surface area contributed by atoms with Crippen LogP contribution in [0.2, 0.25) is 0 Å². The van der Waals surface area contributed by atoms with Crippen molar-refractivity contribution in [3.05, 3.63) is 54.1 Å². The monoisotopic (exact) mass is 567 g/mol. The molecule has 0 bridgehead atoms. The second kappa shape index (κ2) is 15.7. The second-order valence-electron chi connectivity index (χ2n) is 12.1. The van der Waals surface area contributed by atoms with E-state index in [1.165, 1.54) is 6.42 Å². The average Bonchev–Trinajstić information content (AvgIpc) is 3.51. The highest BCUT2D eigenvalue weighted by atomic mass is 16.3. The van der Waals surface area contributed by atoms with Gasteiger partial charge in [-0.05, 0) is 54.9 Å². The van der Waals surface area contributed by atoms with Crippen molar-refractivity contribution in [3.63, 3.8) is 0 Å². The third kappa shape index (κ3) is 9.15. The van der Waals surface area contributed by atoms with Crippen molar-refractivity contribution in [1.82, 2.24) is 20.2 Å². The zero-order valence-electron chi connectivity index (χ0n) is 25.1. The Hall–Kier alpha value is -3.20. The number of carbonyl (C=O) groups excluding carboxylic acids is 3. The van der Waals surface area contributed by atoms with Crippen LogP contribution in [-0.2, 0) is 16.1 Å². The van der Waals surface area contributed by atoms with Crippen LogP contribution in [0.3, 0.4) is 0 Å². The van der Waals surface area contributed by atoms with Gasteiger partial charge in [0.15, 0.2) is 0 Å². The lowest BCUT2D eigenvalue weighted by Gasteiger charge is -2.38. The van der Waals surface area contributed by atoms with Crippen LogP contribution in [0.25, 0.3) is 0 Å². The number of nitrogens with one attached hydrogen (secondary N) is 2. The summed E-state index contributed by atoms with van der Waals surface area (Å²) >= 11 is 0. The Morgan fingerprint density at radius 3 is 2.41 bits per heavy atom. The Labute approximate surface area is 244 Å². The molecule has 0 aliphatic heterocycles. The summed E-state index contributed by atoms with van der Waals surface area (Å²) in [6.45, 7) is 7.93. The maximum Gasteiger partial charge on any atom is 0.267 e. The highest BCUT2D eigenvalue weighted by molar-refractivity contribution is 5.92. The first kappa shape index (κ1) is 32.3. The van der Waals surface area contributed by atoms with Gasteiger partial charge in [-0.25, -0.2) is 0 Å². The molecule has 0 spiro atoms. The van der Waals surface area contributed by atoms with Gasteiger partial charge in [-0.3, -0.25) is 19.4 Å². The van der Waals surface area contributed by atoms with Crippen molar-refractivity contribution < 1.29 is 19.5 Å². The van der Waals surface area contributed by atoms with E-state index in [0.717, 1.165) is 25.7 Å². The van der Waals surface area contributed by atoms with E-state index in [1.807, 2.05) is 39.8 Å². The number of hydrogen-bond acceptors (Lipinski definition) is 5. The minimum atomic E-state index is -0.945. The first-order chi connectivity index (χ1) is 19.6. The molecule has 3 amide bonds. The Morgan fingerprint density at radius 1 is 1.12 bits per heavy atom. The quantitative estimate of drug-likeness (QED) is 0.252. The molecule has 9 nitrogen and oxygen atoms in total. The summed E-state index contributed by atoms with van der Waals surface area (Å²) in [4.78, 5) is 48.9. The van der Waals surface area contributed by atoms with Gasteiger partial charge in [-0.15, -0.1) is 0 Å². The lowest BCUT2D eigenvalue weighted by Crippen LogP contribution is -2.54. The Morgan fingerprint density at radius 2 is 1.85 bits per heavy atom. The van der Waals surface area contributed by atoms with Crippen LogP contribution in [0.15, 0.2) is 42.7 Å². The standard InChI is InChI=1S/C32H49N5O4/c1-5-22(4)29(30(33)39)37(20-24-14-9-10-16-34-24)32(41)25(21(2)3)19-28(38)27(18-23-12-7-6-8-13-23)36-31(40)26-15-11-17-35-26/h9-11,14-17,21-23,25,27-29,35,38H,5-8,12-13,18-20H2,1-4H3,(H2,33,39)(H,36,40)/t22-,25-,27-,28-,29-/m0/s1. The van der Waals surface area contributed by atoms with Gasteiger partial charge in [0.25, 0.3) is 5.91 Å². The molecule has 3 rings (SSSR count). The second-order valence-corrected chi connectivity index (χ2v) is 12.1. The number of nitrogens with two attached hydrogens (primary N) is 1. The minimum absolute atomic E-state index is 0.122. The smallest absolute Gasteiger partial charge is 0.267 e. The van der Waals surface area contributed by atoms with Gasteiger partial charge in [0.05, 0.1) is 24.4 Å². The maximum atomic E-state index is 14.3. The number of aromatic nitrogens is 2. The van der Waals surface area contributed by atoms with E-state index in [4.69, 9.17) is 5.73 Å². The van der Waals surface area contributed by atoms with Crippen LogP contribution in [0, 0.1) is 23.7 Å². The molecule has 1 saturated carbocycles. The molecular weight excluding hydrogens is 518 g/mol. The number of nitrogens with zero attached hydrogens (tertiary/aromatic N) is 2. The summed E-state index contributed by atoms with van der Waals surface area (Å²) in [6.07, 6.45) is 9.54. The number of rotatable bonds is 15. The van der Waals surface area contributed by atoms with Crippen LogP contribution in [-0.4, -0.2) is 55.9 Å². The molecule has 0 aromatic carbocycles. The molecule has 0 radical (unpaired) electrons. The number of primary amides is 1. The van der Waals surface area contributed by atoms with Gasteiger partial charge >= 0.3 is 0 Å². The van der Waals surface area contributed by atoms with Crippen molar-refractivity contribution in [3.8, 4) is 0 Å². The number of carbonyl (C=O) groups is 3. The topological polar surface area (TPSA) is 141 Å². The predicted molar refractivity (Wildman–Crippen MR) is 159 cm³/mol. The summed E-state index contributed by atoms with van der Waals surface area (Å²) in [7, 11) is 0. The van der Waals surface area contributed by atoms with Crippen molar-refractivity contribution in [2.75, 3.05) is 0 Å². The van der Waals surface area contributed by atoms with Gasteiger partial charge in [0.1, 0.15) is 11.7 Å². The maximum absolute atomic E-state index is 14.3. The van der Waals surface area contributed by atoms with E-state index >= 15 is 0 Å². The van der Waals surface area contributed by atoms with E-state index in [-0.39, 0.29) is 36.6 Å². The van der Waals surface area contributed by atoms with Gasteiger partial charge in [-0.2, -0.15) is 0 Å². The van der Waals surface area contributed by atoms with Crippen LogP contribution < -0.4 is 11.1 Å². The molecule has 5 N–H and O–H groups in total. The van der Waals surface area contributed by atoms with E-state index in [2.05, 4.69) is 15.3 Å². The van der Waals surface area contributed by atoms with Crippen LogP contribution in [0.4, 0.5) is 0 Å². The Balaban J connectivity index is 1.87. The van der Waals surface area contributed by atoms with Crippen LogP contribution in [0.1, 0.15) is 95.2 Å². The molecule has 0 saturated heterocycles. The number of pyridine rings is 1. The van der Waals surface area contributed by atoms with Crippen molar-refractivity contribution in [2.24, 2.45) is 29.4 Å². The summed E-state index contributed by atoms with van der Waals surface area (Å²) in [5.74, 6) is -1.52. The average molecular weight is 568 g/mol. The summed E-state index contributed by atoms with van der Waals surface area (Å²) in [6, 6.07) is 7.63. The van der Waals surface area contributed by atoms with Crippen molar-refractivity contribution >= 4 is 17.7 Å². The molecule has 0 unspecified atom stereocenters. The highest BCUT2D eigenvalue weighted by Crippen LogP contribution is 2.31. The molecule has 5 atom stereocenters. The Bertz CT molecular complexity index is 1080. The number of aromatic amines is 1. The number of hydrogen-bond donors (Lipinski definition) is 4. The Kier molecular flexibility index (Phi) is 12.4. The fourth-order valence-corrected chi connectivity index (χ4v) is 6.05. The number of aliphatic hydroxyl groups is 1. The van der Waals surface area contributed by atoms with E-state index in [0.29, 0.717) is 30.1 Å². The molecular formula is C32H49N5O4. The first-order valence-electron chi connectivity index (χ1n) is 15.2. The lowest BCUT2D eigenvalue weighted by atomic mass is 9.80. The molecule has 2 aromatic heterocycles. The van der Waals surface area contributed by atoms with Crippen LogP contribution in [0.5, 0.6) is 0 Å². The van der Waals surface area contributed by atoms with Crippen molar-refractivity contribution in [1.29, 1.82) is 0 Å². The van der Waals surface area contributed by atoms with Crippen LogP contribution >= 0.6 is 0 Å². The summed E-state index contributed by atoms with van der Waals surface area (Å²) in [5.41, 5.74) is 6.97. The molecule has 226 valence electrons. The third-order valence-electron chi connectivity index (χ3n) is 8.70. The van der Waals surface area contributed by atoms with E-state index in [1.54, 1.807) is 35.5 Å². The fraction of sp³-hybridized carbons (Fsp3) is 0.625. The normalized spacial score (nSPS) is 17.8. The third-order valence-corrected chi connectivity index (χ3v) is 8.70. The molecule has 9 heteroatoms. The molecule has 1 aliphatic carbocycles.